The molecule has 3 nitrogen and oxygen atoms in total. The Morgan fingerprint density at radius 1 is 1.14 bits per heavy atom. The fourth-order valence-electron chi connectivity index (χ4n) is 3.04. The van der Waals surface area contributed by atoms with Crippen LogP contribution >= 0.6 is 0 Å². The van der Waals surface area contributed by atoms with Gasteiger partial charge in [0.1, 0.15) is 11.8 Å². The number of ether oxygens (including phenoxy) is 1. The van der Waals surface area contributed by atoms with Gasteiger partial charge in [-0.2, -0.15) is 0 Å². The maximum absolute atomic E-state index is 12.4. The van der Waals surface area contributed by atoms with Crippen LogP contribution in [0.3, 0.4) is 0 Å². The average Bonchev–Trinajstić information content (AvgIpc) is 2.53. The smallest absolute Gasteiger partial charge is 0.328 e. The number of likely N-dealkylation sites (tertiary alicyclic amines) is 1. The van der Waals surface area contributed by atoms with E-state index in [1.165, 1.54) is 5.56 Å². The van der Waals surface area contributed by atoms with Crippen LogP contribution in [0.2, 0.25) is 0 Å². The Labute approximate surface area is 131 Å². The second kappa shape index (κ2) is 6.75. The lowest BCUT2D eigenvalue weighted by atomic mass is 9.94. The zero-order valence-electron chi connectivity index (χ0n) is 12.8. The van der Waals surface area contributed by atoms with E-state index < -0.39 is 0 Å². The standard InChI is InChI=1S/C19H21NO2/c1-2-17(15-9-5-3-6-10-15)20-14-13-18(20)19(21)22-16-11-7-4-8-12-16/h3-12,17-18H,2,13-14H2,1H3. The van der Waals surface area contributed by atoms with Gasteiger partial charge in [-0.3, -0.25) is 4.90 Å². The predicted octanol–water partition coefficient (Wildman–Crippen LogP) is 3.82. The van der Waals surface area contributed by atoms with E-state index in [1.54, 1.807) is 0 Å². The lowest BCUT2D eigenvalue weighted by molar-refractivity contribution is -0.147. The highest BCUT2D eigenvalue weighted by Crippen LogP contribution is 2.33. The van der Waals surface area contributed by atoms with Gasteiger partial charge < -0.3 is 4.74 Å². The second-order valence-electron chi connectivity index (χ2n) is 5.61. The molecular weight excluding hydrogens is 274 g/mol. The van der Waals surface area contributed by atoms with E-state index in [9.17, 15) is 4.79 Å². The van der Waals surface area contributed by atoms with Crippen molar-refractivity contribution in [3.05, 3.63) is 66.2 Å². The van der Waals surface area contributed by atoms with Gasteiger partial charge in [0.25, 0.3) is 0 Å². The zero-order valence-corrected chi connectivity index (χ0v) is 12.8. The second-order valence-corrected chi connectivity index (χ2v) is 5.61. The van der Waals surface area contributed by atoms with Gasteiger partial charge in [0, 0.05) is 12.6 Å². The summed E-state index contributed by atoms with van der Waals surface area (Å²) >= 11 is 0. The van der Waals surface area contributed by atoms with E-state index in [-0.39, 0.29) is 18.1 Å². The first-order valence-electron chi connectivity index (χ1n) is 7.87. The number of carbonyl (C=O) groups excluding carboxylic acids is 1. The molecule has 3 heteroatoms. The molecule has 0 amide bonds. The highest BCUT2D eigenvalue weighted by atomic mass is 16.5. The zero-order chi connectivity index (χ0) is 15.4. The number of hydrogen-bond donors (Lipinski definition) is 0. The minimum absolute atomic E-state index is 0.134. The molecule has 0 N–H and O–H groups in total. The molecule has 1 saturated heterocycles. The van der Waals surface area contributed by atoms with Crippen molar-refractivity contribution >= 4 is 5.97 Å². The summed E-state index contributed by atoms with van der Waals surface area (Å²) in [5, 5.41) is 0. The molecule has 114 valence electrons. The molecule has 1 aliphatic rings. The third-order valence-corrected chi connectivity index (χ3v) is 4.27. The lowest BCUT2D eigenvalue weighted by Crippen LogP contribution is -2.54. The minimum atomic E-state index is -0.146. The van der Waals surface area contributed by atoms with Gasteiger partial charge in [0.2, 0.25) is 0 Å². The Bertz CT molecular complexity index is 612. The van der Waals surface area contributed by atoms with Gasteiger partial charge >= 0.3 is 5.97 Å². The first kappa shape index (κ1) is 14.8. The molecular formula is C19H21NO2. The predicted molar refractivity (Wildman–Crippen MR) is 86.7 cm³/mol. The fourth-order valence-corrected chi connectivity index (χ4v) is 3.04. The number of nitrogens with zero attached hydrogens (tertiary/aromatic N) is 1. The molecule has 2 aromatic rings. The van der Waals surface area contributed by atoms with Gasteiger partial charge in [0.15, 0.2) is 0 Å². The largest absolute Gasteiger partial charge is 0.425 e. The lowest BCUT2D eigenvalue weighted by Gasteiger charge is -2.44. The summed E-state index contributed by atoms with van der Waals surface area (Å²) in [6, 6.07) is 19.8. The van der Waals surface area contributed by atoms with Crippen LogP contribution in [0.15, 0.2) is 60.7 Å². The Hall–Kier alpha value is -2.13. The Morgan fingerprint density at radius 3 is 2.32 bits per heavy atom. The third kappa shape index (κ3) is 3.04. The molecule has 0 saturated carbocycles. The number of esters is 1. The van der Waals surface area contributed by atoms with E-state index in [4.69, 9.17) is 4.74 Å². The summed E-state index contributed by atoms with van der Waals surface area (Å²) in [7, 11) is 0. The van der Waals surface area contributed by atoms with E-state index in [0.717, 1.165) is 19.4 Å². The van der Waals surface area contributed by atoms with Crippen molar-refractivity contribution in [3.8, 4) is 5.75 Å². The van der Waals surface area contributed by atoms with Crippen LogP contribution < -0.4 is 4.74 Å². The molecule has 3 rings (SSSR count). The van der Waals surface area contributed by atoms with Crippen LogP contribution in [-0.4, -0.2) is 23.5 Å². The molecule has 0 spiro atoms. The van der Waals surface area contributed by atoms with Crippen LogP contribution in [0, 0.1) is 0 Å². The van der Waals surface area contributed by atoms with Crippen molar-refractivity contribution in [2.45, 2.75) is 31.8 Å². The summed E-state index contributed by atoms with van der Waals surface area (Å²) in [6.45, 7) is 3.11. The monoisotopic (exact) mass is 295 g/mol. The molecule has 2 aromatic carbocycles. The maximum Gasteiger partial charge on any atom is 0.328 e. The number of para-hydroxylation sites is 1. The average molecular weight is 295 g/mol. The molecule has 0 bridgehead atoms. The quantitative estimate of drug-likeness (QED) is 0.620. The van der Waals surface area contributed by atoms with Crippen molar-refractivity contribution in [2.75, 3.05) is 6.54 Å². The third-order valence-electron chi connectivity index (χ3n) is 4.27. The first-order chi connectivity index (χ1) is 10.8. The van der Waals surface area contributed by atoms with E-state index in [1.807, 2.05) is 36.4 Å². The molecule has 2 atom stereocenters. The number of hydrogen-bond acceptors (Lipinski definition) is 3. The molecule has 1 fully saturated rings. The summed E-state index contributed by atoms with van der Waals surface area (Å²) < 4.78 is 5.50. The molecule has 22 heavy (non-hydrogen) atoms. The first-order valence-corrected chi connectivity index (χ1v) is 7.87. The fraction of sp³-hybridized carbons (Fsp3) is 0.316. The van der Waals surface area contributed by atoms with Gasteiger partial charge in [-0.25, -0.2) is 4.79 Å². The van der Waals surface area contributed by atoms with Crippen molar-refractivity contribution in [2.24, 2.45) is 0 Å². The summed E-state index contributed by atoms with van der Waals surface area (Å²) in [6.07, 6.45) is 1.86. The summed E-state index contributed by atoms with van der Waals surface area (Å²) in [5.41, 5.74) is 1.27. The summed E-state index contributed by atoms with van der Waals surface area (Å²) in [5.74, 6) is 0.471. The topological polar surface area (TPSA) is 29.5 Å². The highest BCUT2D eigenvalue weighted by Gasteiger charge is 2.39. The van der Waals surface area contributed by atoms with Gasteiger partial charge in [-0.15, -0.1) is 0 Å². The Kier molecular flexibility index (Phi) is 4.54. The van der Waals surface area contributed by atoms with Crippen molar-refractivity contribution in [1.82, 2.24) is 4.90 Å². The van der Waals surface area contributed by atoms with E-state index >= 15 is 0 Å². The number of rotatable bonds is 5. The molecule has 2 unspecified atom stereocenters. The van der Waals surface area contributed by atoms with Gasteiger partial charge in [0.05, 0.1) is 0 Å². The van der Waals surface area contributed by atoms with Crippen LogP contribution in [-0.2, 0) is 4.79 Å². The minimum Gasteiger partial charge on any atom is -0.425 e. The number of benzene rings is 2. The van der Waals surface area contributed by atoms with E-state index in [0.29, 0.717) is 5.75 Å². The van der Waals surface area contributed by atoms with Crippen LogP contribution in [0.1, 0.15) is 31.4 Å². The number of carbonyl (C=O) groups is 1. The maximum atomic E-state index is 12.4. The molecule has 0 aliphatic carbocycles. The van der Waals surface area contributed by atoms with Crippen molar-refractivity contribution in [3.63, 3.8) is 0 Å². The highest BCUT2D eigenvalue weighted by molar-refractivity contribution is 5.79. The van der Waals surface area contributed by atoms with Crippen LogP contribution in [0.25, 0.3) is 0 Å². The summed E-state index contributed by atoms with van der Waals surface area (Å²) in [4.78, 5) is 14.6. The molecule has 0 aromatic heterocycles. The van der Waals surface area contributed by atoms with E-state index in [2.05, 4.69) is 36.1 Å². The SMILES string of the molecule is CCC(c1ccccc1)N1CCC1C(=O)Oc1ccccc1. The molecule has 1 heterocycles. The Balaban J connectivity index is 1.69. The van der Waals surface area contributed by atoms with Gasteiger partial charge in [-0.1, -0.05) is 55.5 Å². The Morgan fingerprint density at radius 2 is 1.77 bits per heavy atom. The normalized spacial score (nSPS) is 19.2. The van der Waals surface area contributed by atoms with Gasteiger partial charge in [-0.05, 0) is 30.5 Å². The van der Waals surface area contributed by atoms with Crippen LogP contribution in [0.4, 0.5) is 0 Å². The molecule has 0 radical (unpaired) electrons. The van der Waals surface area contributed by atoms with Crippen LogP contribution in [0.5, 0.6) is 5.75 Å². The molecule has 1 aliphatic heterocycles. The van der Waals surface area contributed by atoms with Crippen molar-refractivity contribution < 1.29 is 9.53 Å². The van der Waals surface area contributed by atoms with Crippen molar-refractivity contribution in [1.29, 1.82) is 0 Å².